The van der Waals surface area contributed by atoms with Crippen LogP contribution in [0.2, 0.25) is 0 Å². The summed E-state index contributed by atoms with van der Waals surface area (Å²) in [5.74, 6) is -0.980. The van der Waals surface area contributed by atoms with Crippen molar-refractivity contribution in [1.29, 1.82) is 0 Å². The molecule has 1 aromatic heterocycles. The molecule has 0 saturated carbocycles. The molecule has 1 aromatic carbocycles. The molecule has 1 saturated heterocycles. The lowest BCUT2D eigenvalue weighted by atomic mass is 10.1. The van der Waals surface area contributed by atoms with E-state index >= 15 is 0 Å². The summed E-state index contributed by atoms with van der Waals surface area (Å²) in [6, 6.07) is 9.31. The van der Waals surface area contributed by atoms with Gasteiger partial charge in [0.05, 0.1) is 5.69 Å². The summed E-state index contributed by atoms with van der Waals surface area (Å²) >= 11 is 0. The first kappa shape index (κ1) is 19.8. The van der Waals surface area contributed by atoms with Crippen molar-refractivity contribution < 1.29 is 14.0 Å². The summed E-state index contributed by atoms with van der Waals surface area (Å²) < 4.78 is 14.4. The molecule has 1 aliphatic rings. The first-order chi connectivity index (χ1) is 13.4. The highest BCUT2D eigenvalue weighted by molar-refractivity contribution is 6.00. The molecule has 1 atom stereocenters. The van der Waals surface area contributed by atoms with Crippen molar-refractivity contribution in [3.8, 4) is 0 Å². The Morgan fingerprint density at radius 1 is 1.29 bits per heavy atom. The molecular weight excluding hydrogens is 359 g/mol. The molecule has 0 radical (unpaired) electrons. The van der Waals surface area contributed by atoms with Crippen LogP contribution < -0.4 is 10.2 Å². The molecule has 1 fully saturated rings. The SMILES string of the molecule is CC(C)N(C)c1ccc(NC(=O)[C@@H]2CCCN2C(=O)c2ccccn2)cc1F. The number of likely N-dealkylation sites (tertiary alicyclic amines) is 1. The predicted octanol–water partition coefficient (Wildman–Crippen LogP) is 3.31. The second kappa shape index (κ2) is 8.37. The Morgan fingerprint density at radius 3 is 2.71 bits per heavy atom. The smallest absolute Gasteiger partial charge is 0.273 e. The third kappa shape index (κ3) is 4.13. The third-order valence-corrected chi connectivity index (χ3v) is 5.07. The monoisotopic (exact) mass is 384 g/mol. The highest BCUT2D eigenvalue weighted by atomic mass is 19.1. The van der Waals surface area contributed by atoms with Gasteiger partial charge in [0.1, 0.15) is 17.6 Å². The summed E-state index contributed by atoms with van der Waals surface area (Å²) in [6.45, 7) is 4.45. The lowest BCUT2D eigenvalue weighted by molar-refractivity contribution is -0.119. The van der Waals surface area contributed by atoms with E-state index in [1.54, 1.807) is 36.5 Å². The second-order valence-electron chi connectivity index (χ2n) is 7.23. The van der Waals surface area contributed by atoms with Gasteiger partial charge in [0, 0.05) is 31.5 Å². The Morgan fingerprint density at radius 2 is 2.07 bits per heavy atom. The predicted molar refractivity (Wildman–Crippen MR) is 107 cm³/mol. The Kier molecular flexibility index (Phi) is 5.92. The van der Waals surface area contributed by atoms with Crippen molar-refractivity contribution in [2.24, 2.45) is 0 Å². The number of pyridine rings is 1. The van der Waals surface area contributed by atoms with Crippen LogP contribution in [-0.2, 0) is 4.79 Å². The van der Waals surface area contributed by atoms with E-state index in [1.807, 2.05) is 25.8 Å². The maximum absolute atomic E-state index is 14.4. The van der Waals surface area contributed by atoms with Crippen molar-refractivity contribution in [2.75, 3.05) is 23.8 Å². The van der Waals surface area contributed by atoms with Gasteiger partial charge in [-0.15, -0.1) is 0 Å². The van der Waals surface area contributed by atoms with Gasteiger partial charge in [-0.05, 0) is 57.0 Å². The topological polar surface area (TPSA) is 65.5 Å². The van der Waals surface area contributed by atoms with E-state index in [2.05, 4.69) is 10.3 Å². The molecule has 0 spiro atoms. The van der Waals surface area contributed by atoms with Crippen LogP contribution in [0.25, 0.3) is 0 Å². The van der Waals surface area contributed by atoms with Gasteiger partial charge in [-0.25, -0.2) is 4.39 Å². The number of nitrogens with zero attached hydrogens (tertiary/aromatic N) is 3. The van der Waals surface area contributed by atoms with Gasteiger partial charge < -0.3 is 15.1 Å². The molecule has 7 heteroatoms. The molecule has 6 nitrogen and oxygen atoms in total. The van der Waals surface area contributed by atoms with Gasteiger partial charge in [-0.1, -0.05) is 6.07 Å². The van der Waals surface area contributed by atoms with Crippen molar-refractivity contribution in [3.05, 3.63) is 54.1 Å². The van der Waals surface area contributed by atoms with Crippen LogP contribution in [0.15, 0.2) is 42.6 Å². The number of halogens is 1. The summed E-state index contributed by atoms with van der Waals surface area (Å²) in [4.78, 5) is 32.8. The molecule has 0 bridgehead atoms. The quantitative estimate of drug-likeness (QED) is 0.859. The van der Waals surface area contributed by atoms with Crippen molar-refractivity contribution in [2.45, 2.75) is 38.8 Å². The van der Waals surface area contributed by atoms with Crippen LogP contribution in [-0.4, -0.2) is 47.4 Å². The summed E-state index contributed by atoms with van der Waals surface area (Å²) in [5.41, 5.74) is 1.16. The average Bonchev–Trinajstić information content (AvgIpc) is 3.17. The number of amides is 2. The fourth-order valence-electron chi connectivity index (χ4n) is 3.29. The molecule has 28 heavy (non-hydrogen) atoms. The zero-order valence-electron chi connectivity index (χ0n) is 16.4. The molecule has 0 aliphatic carbocycles. The lowest BCUT2D eigenvalue weighted by Gasteiger charge is -2.25. The Balaban J connectivity index is 1.72. The maximum Gasteiger partial charge on any atom is 0.273 e. The van der Waals surface area contributed by atoms with Crippen LogP contribution in [0.5, 0.6) is 0 Å². The van der Waals surface area contributed by atoms with Crippen LogP contribution in [0.4, 0.5) is 15.8 Å². The number of rotatable bonds is 5. The fraction of sp³-hybridized carbons (Fsp3) is 0.381. The number of carbonyl (C=O) groups excluding carboxylic acids is 2. The summed E-state index contributed by atoms with van der Waals surface area (Å²) in [7, 11) is 1.82. The normalized spacial score (nSPS) is 16.3. The van der Waals surface area contributed by atoms with Gasteiger partial charge in [0.25, 0.3) is 5.91 Å². The molecule has 2 amide bonds. The van der Waals surface area contributed by atoms with E-state index in [-0.39, 0.29) is 17.9 Å². The van der Waals surface area contributed by atoms with E-state index in [0.717, 1.165) is 6.42 Å². The van der Waals surface area contributed by atoms with Gasteiger partial charge in [-0.3, -0.25) is 14.6 Å². The van der Waals surface area contributed by atoms with Gasteiger partial charge in [0.15, 0.2) is 0 Å². The second-order valence-corrected chi connectivity index (χ2v) is 7.23. The lowest BCUT2D eigenvalue weighted by Crippen LogP contribution is -2.43. The third-order valence-electron chi connectivity index (χ3n) is 5.07. The average molecular weight is 384 g/mol. The molecule has 0 unspecified atom stereocenters. The number of benzene rings is 1. The molecular formula is C21H25FN4O2. The van der Waals surface area contributed by atoms with Crippen LogP contribution >= 0.6 is 0 Å². The molecule has 1 N–H and O–H groups in total. The van der Waals surface area contributed by atoms with Gasteiger partial charge in [0.2, 0.25) is 5.91 Å². The molecule has 2 heterocycles. The number of aromatic nitrogens is 1. The molecule has 1 aliphatic heterocycles. The minimum absolute atomic E-state index is 0.152. The largest absolute Gasteiger partial charge is 0.370 e. The van der Waals surface area contributed by atoms with Gasteiger partial charge in [-0.2, -0.15) is 0 Å². The van der Waals surface area contributed by atoms with E-state index < -0.39 is 11.9 Å². The van der Waals surface area contributed by atoms with Crippen LogP contribution in [0, 0.1) is 5.82 Å². The van der Waals surface area contributed by atoms with E-state index in [1.165, 1.54) is 11.0 Å². The number of nitrogens with one attached hydrogen (secondary N) is 1. The summed E-state index contributed by atoms with van der Waals surface area (Å²) in [5, 5.41) is 2.74. The van der Waals surface area contributed by atoms with Crippen LogP contribution in [0.3, 0.4) is 0 Å². The minimum atomic E-state index is -0.587. The highest BCUT2D eigenvalue weighted by Crippen LogP contribution is 2.25. The maximum atomic E-state index is 14.4. The van der Waals surface area contributed by atoms with E-state index in [0.29, 0.717) is 30.0 Å². The molecule has 148 valence electrons. The summed E-state index contributed by atoms with van der Waals surface area (Å²) in [6.07, 6.45) is 2.86. The Hall–Kier alpha value is -2.96. The zero-order chi connectivity index (χ0) is 20.3. The Bertz CT molecular complexity index is 857. The van der Waals surface area contributed by atoms with Crippen molar-refractivity contribution in [3.63, 3.8) is 0 Å². The number of hydrogen-bond acceptors (Lipinski definition) is 4. The van der Waals surface area contributed by atoms with Crippen molar-refractivity contribution in [1.82, 2.24) is 9.88 Å². The zero-order valence-corrected chi connectivity index (χ0v) is 16.4. The first-order valence-electron chi connectivity index (χ1n) is 9.43. The highest BCUT2D eigenvalue weighted by Gasteiger charge is 2.35. The van der Waals surface area contributed by atoms with Crippen molar-refractivity contribution >= 4 is 23.2 Å². The van der Waals surface area contributed by atoms with Gasteiger partial charge >= 0.3 is 0 Å². The minimum Gasteiger partial charge on any atom is -0.370 e. The van der Waals surface area contributed by atoms with E-state index in [9.17, 15) is 14.0 Å². The van der Waals surface area contributed by atoms with Crippen LogP contribution in [0.1, 0.15) is 37.2 Å². The Labute approximate surface area is 164 Å². The first-order valence-corrected chi connectivity index (χ1v) is 9.43. The number of carbonyl (C=O) groups is 2. The van der Waals surface area contributed by atoms with E-state index in [4.69, 9.17) is 0 Å². The standard InChI is InChI=1S/C21H25FN4O2/c1-14(2)25(3)18-10-9-15(13-16(18)22)24-20(27)19-8-6-12-26(19)21(28)17-7-4-5-11-23-17/h4-5,7,9-11,13-14,19H,6,8,12H2,1-3H3,(H,24,27)/t19-/m0/s1. The number of hydrogen-bond donors (Lipinski definition) is 1. The number of anilines is 2. The fourth-order valence-corrected chi connectivity index (χ4v) is 3.29. The molecule has 3 rings (SSSR count). The molecule has 2 aromatic rings.